The van der Waals surface area contributed by atoms with E-state index in [2.05, 4.69) is 15.4 Å². The van der Waals surface area contributed by atoms with E-state index < -0.39 is 5.82 Å². The summed E-state index contributed by atoms with van der Waals surface area (Å²) < 4.78 is 18.5. The van der Waals surface area contributed by atoms with Crippen LogP contribution in [0, 0.1) is 12.7 Å². The zero-order valence-corrected chi connectivity index (χ0v) is 10.4. The summed E-state index contributed by atoms with van der Waals surface area (Å²) in [6.45, 7) is 1.50. The first-order valence-corrected chi connectivity index (χ1v) is 5.45. The number of rotatable bonds is 3. The Kier molecular flexibility index (Phi) is 3.48. The Morgan fingerprint density at radius 1 is 1.37 bits per heavy atom. The second-order valence-electron chi connectivity index (χ2n) is 3.83. The van der Waals surface area contributed by atoms with E-state index in [1.807, 2.05) is 0 Å². The molecule has 0 bridgehead atoms. The number of hydrazine groups is 1. The first kappa shape index (κ1) is 13.0. The van der Waals surface area contributed by atoms with Crippen molar-refractivity contribution in [1.29, 1.82) is 0 Å². The molecule has 0 amide bonds. The van der Waals surface area contributed by atoms with Crippen LogP contribution in [0.25, 0.3) is 11.4 Å². The number of anilines is 1. The first-order valence-electron chi connectivity index (χ1n) is 5.45. The minimum atomic E-state index is -0.607. The number of aromatic nitrogens is 2. The number of aryl methyl sites for hydroxylation is 1. The molecule has 1 heterocycles. The van der Waals surface area contributed by atoms with Crippen molar-refractivity contribution in [1.82, 2.24) is 9.97 Å². The van der Waals surface area contributed by atoms with E-state index >= 15 is 0 Å². The topological polar surface area (TPSA) is 93.3 Å². The minimum absolute atomic E-state index is 0.0483. The van der Waals surface area contributed by atoms with E-state index in [1.54, 1.807) is 12.1 Å². The average molecular weight is 264 g/mol. The zero-order valence-electron chi connectivity index (χ0n) is 10.4. The Hall–Kier alpha value is -2.41. The lowest BCUT2D eigenvalue weighted by molar-refractivity contribution is 0.373. The Labute approximate surface area is 109 Å². The van der Waals surface area contributed by atoms with Crippen molar-refractivity contribution in [3.8, 4) is 22.9 Å². The first-order chi connectivity index (χ1) is 9.06. The van der Waals surface area contributed by atoms with Crippen LogP contribution in [0.2, 0.25) is 0 Å². The van der Waals surface area contributed by atoms with Crippen LogP contribution in [-0.4, -0.2) is 22.2 Å². The van der Waals surface area contributed by atoms with E-state index in [4.69, 9.17) is 10.6 Å². The lowest BCUT2D eigenvalue weighted by Gasteiger charge is -2.08. The van der Waals surface area contributed by atoms with Gasteiger partial charge in [-0.2, -0.15) is 0 Å². The molecule has 1 aromatic heterocycles. The van der Waals surface area contributed by atoms with Crippen molar-refractivity contribution in [3.63, 3.8) is 0 Å². The Bertz CT molecular complexity index is 619. The van der Waals surface area contributed by atoms with Crippen molar-refractivity contribution >= 4 is 5.82 Å². The quantitative estimate of drug-likeness (QED) is 0.576. The van der Waals surface area contributed by atoms with E-state index in [1.165, 1.54) is 20.1 Å². The molecule has 0 atom stereocenters. The normalized spacial score (nSPS) is 10.3. The van der Waals surface area contributed by atoms with Gasteiger partial charge in [0.1, 0.15) is 0 Å². The van der Waals surface area contributed by atoms with Crippen LogP contribution < -0.4 is 16.0 Å². The van der Waals surface area contributed by atoms with E-state index in [-0.39, 0.29) is 23.1 Å². The van der Waals surface area contributed by atoms with Gasteiger partial charge in [-0.25, -0.2) is 20.2 Å². The molecule has 2 aromatic rings. The van der Waals surface area contributed by atoms with Crippen LogP contribution in [0.4, 0.5) is 10.2 Å². The molecule has 0 saturated heterocycles. The van der Waals surface area contributed by atoms with Gasteiger partial charge in [0, 0.05) is 5.56 Å². The van der Waals surface area contributed by atoms with Crippen LogP contribution in [-0.2, 0) is 0 Å². The van der Waals surface area contributed by atoms with E-state index in [9.17, 15) is 9.50 Å². The molecule has 6 nitrogen and oxygen atoms in total. The smallest absolute Gasteiger partial charge is 0.187 e. The van der Waals surface area contributed by atoms with Gasteiger partial charge in [-0.1, -0.05) is 0 Å². The molecule has 0 aliphatic carbocycles. The van der Waals surface area contributed by atoms with Crippen molar-refractivity contribution < 1.29 is 14.2 Å². The van der Waals surface area contributed by atoms with Crippen LogP contribution >= 0.6 is 0 Å². The van der Waals surface area contributed by atoms with Gasteiger partial charge in [-0.15, -0.1) is 0 Å². The molecule has 2 rings (SSSR count). The fraction of sp³-hybridized carbons (Fsp3) is 0.167. The molecule has 4 N–H and O–H groups in total. The number of halogens is 1. The molecular weight excluding hydrogens is 251 g/mol. The number of phenolic OH excluding ortho intramolecular Hbond substituents is 1. The number of methoxy groups -OCH3 is 1. The van der Waals surface area contributed by atoms with Crippen LogP contribution in [0.1, 0.15) is 5.69 Å². The minimum Gasteiger partial charge on any atom is -0.504 e. The monoisotopic (exact) mass is 264 g/mol. The summed E-state index contributed by atoms with van der Waals surface area (Å²) in [5.74, 6) is 5.02. The fourth-order valence-corrected chi connectivity index (χ4v) is 1.61. The van der Waals surface area contributed by atoms with Gasteiger partial charge in [0.05, 0.1) is 12.8 Å². The summed E-state index contributed by atoms with van der Waals surface area (Å²) >= 11 is 0. The Morgan fingerprint density at radius 3 is 2.68 bits per heavy atom. The summed E-state index contributed by atoms with van der Waals surface area (Å²) in [5.41, 5.74) is 2.86. The number of nitrogen functional groups attached to an aromatic ring is 1. The maximum absolute atomic E-state index is 13.6. The molecule has 0 unspecified atom stereocenters. The van der Waals surface area contributed by atoms with Gasteiger partial charge < -0.3 is 15.3 Å². The van der Waals surface area contributed by atoms with Gasteiger partial charge in [0.25, 0.3) is 0 Å². The number of nitrogens with two attached hydrogens (primary N) is 1. The molecule has 1 aromatic carbocycles. The third-order valence-electron chi connectivity index (χ3n) is 2.59. The molecule has 0 radical (unpaired) electrons. The zero-order chi connectivity index (χ0) is 14.0. The number of benzene rings is 1. The SMILES string of the molecule is COc1ccc(-c2nc(C)c(F)c(NN)n2)cc1O. The van der Waals surface area contributed by atoms with Crippen molar-refractivity contribution in [2.75, 3.05) is 12.5 Å². The van der Waals surface area contributed by atoms with Gasteiger partial charge in [0.2, 0.25) is 0 Å². The lowest BCUT2D eigenvalue weighted by atomic mass is 10.2. The predicted octanol–water partition coefficient (Wildman–Crippen LogP) is 1.59. The highest BCUT2D eigenvalue weighted by molar-refractivity contribution is 5.62. The molecule has 7 heteroatoms. The maximum atomic E-state index is 13.6. The average Bonchev–Trinajstić information content (AvgIpc) is 2.41. The number of hydrogen-bond donors (Lipinski definition) is 3. The third-order valence-corrected chi connectivity index (χ3v) is 2.59. The third kappa shape index (κ3) is 2.41. The molecular formula is C12H13FN4O2. The summed E-state index contributed by atoms with van der Waals surface area (Å²) in [7, 11) is 1.45. The largest absolute Gasteiger partial charge is 0.504 e. The highest BCUT2D eigenvalue weighted by Gasteiger charge is 2.13. The molecule has 0 aliphatic heterocycles. The predicted molar refractivity (Wildman–Crippen MR) is 68.2 cm³/mol. The number of nitrogens with one attached hydrogen (secondary N) is 1. The number of ether oxygens (including phenoxy) is 1. The lowest BCUT2D eigenvalue weighted by Crippen LogP contribution is -2.13. The van der Waals surface area contributed by atoms with Crippen LogP contribution in [0.5, 0.6) is 11.5 Å². The highest BCUT2D eigenvalue weighted by Crippen LogP contribution is 2.30. The van der Waals surface area contributed by atoms with E-state index in [0.29, 0.717) is 11.3 Å². The van der Waals surface area contributed by atoms with Crippen LogP contribution in [0.3, 0.4) is 0 Å². The molecule has 0 aliphatic rings. The number of phenols is 1. The summed E-state index contributed by atoms with van der Waals surface area (Å²) in [6, 6.07) is 4.67. The van der Waals surface area contributed by atoms with Crippen molar-refractivity contribution in [3.05, 3.63) is 29.7 Å². The summed E-state index contributed by atoms with van der Waals surface area (Å²) in [4.78, 5) is 7.96. The summed E-state index contributed by atoms with van der Waals surface area (Å²) in [6.07, 6.45) is 0. The number of hydrogen-bond acceptors (Lipinski definition) is 6. The molecule has 0 spiro atoms. The molecule has 100 valence electrons. The van der Waals surface area contributed by atoms with E-state index in [0.717, 1.165) is 0 Å². The second kappa shape index (κ2) is 5.07. The molecule has 0 saturated carbocycles. The highest BCUT2D eigenvalue weighted by atomic mass is 19.1. The fourth-order valence-electron chi connectivity index (χ4n) is 1.61. The Morgan fingerprint density at radius 2 is 2.11 bits per heavy atom. The molecule has 0 fully saturated rings. The standard InChI is InChI=1S/C12H13FN4O2/c1-6-10(13)12(17-14)16-11(15-6)7-3-4-9(19-2)8(18)5-7/h3-5,18H,14H2,1-2H3,(H,15,16,17). The Balaban J connectivity index is 2.53. The van der Waals surface area contributed by atoms with Gasteiger partial charge in [-0.05, 0) is 25.1 Å². The second-order valence-corrected chi connectivity index (χ2v) is 3.83. The number of nitrogens with zero attached hydrogens (tertiary/aromatic N) is 2. The maximum Gasteiger partial charge on any atom is 0.187 e. The summed E-state index contributed by atoms with van der Waals surface area (Å²) in [5, 5.41) is 9.71. The van der Waals surface area contributed by atoms with Crippen molar-refractivity contribution in [2.24, 2.45) is 5.84 Å². The van der Waals surface area contributed by atoms with Gasteiger partial charge >= 0.3 is 0 Å². The molecule has 19 heavy (non-hydrogen) atoms. The van der Waals surface area contributed by atoms with Gasteiger partial charge in [0.15, 0.2) is 29.0 Å². The van der Waals surface area contributed by atoms with Crippen LogP contribution in [0.15, 0.2) is 18.2 Å². The number of aromatic hydroxyl groups is 1. The van der Waals surface area contributed by atoms with Gasteiger partial charge in [-0.3, -0.25) is 0 Å². The van der Waals surface area contributed by atoms with Crippen molar-refractivity contribution in [2.45, 2.75) is 6.92 Å².